The van der Waals surface area contributed by atoms with Crippen molar-refractivity contribution in [2.75, 3.05) is 26.2 Å². The molecule has 1 aromatic rings. The van der Waals surface area contributed by atoms with E-state index < -0.39 is 0 Å². The lowest BCUT2D eigenvalue weighted by Crippen LogP contribution is -2.38. The molecule has 0 atom stereocenters. The second kappa shape index (κ2) is 7.86. The first-order valence-corrected chi connectivity index (χ1v) is 5.88. The molecule has 1 aromatic heterocycles. The number of aliphatic hydroxyl groups is 1. The summed E-state index contributed by atoms with van der Waals surface area (Å²) in [6, 6.07) is 3.61. The molecule has 0 radical (unpaired) electrons. The molecule has 0 aliphatic rings. The van der Waals surface area contributed by atoms with Gasteiger partial charge in [-0.3, -0.25) is 9.69 Å². The summed E-state index contributed by atoms with van der Waals surface area (Å²) in [5, 5.41) is 11.6. The normalized spacial score (nSPS) is 10.8. The highest BCUT2D eigenvalue weighted by Gasteiger charge is 2.09. The Labute approximate surface area is 101 Å². The lowest BCUT2D eigenvalue weighted by Gasteiger charge is -2.19. The van der Waals surface area contributed by atoms with Gasteiger partial charge in [-0.25, -0.2) is 0 Å². The topological polar surface area (TPSA) is 65.7 Å². The van der Waals surface area contributed by atoms with E-state index in [1.54, 1.807) is 12.3 Å². The van der Waals surface area contributed by atoms with Crippen LogP contribution < -0.4 is 5.32 Å². The Balaban J connectivity index is 2.26. The van der Waals surface area contributed by atoms with Gasteiger partial charge in [-0.05, 0) is 25.1 Å². The maximum atomic E-state index is 11.6. The van der Waals surface area contributed by atoms with Crippen LogP contribution in [0.3, 0.4) is 0 Å². The van der Waals surface area contributed by atoms with Crippen LogP contribution in [0.25, 0.3) is 0 Å². The predicted molar refractivity (Wildman–Crippen MR) is 64.4 cm³/mol. The van der Waals surface area contributed by atoms with E-state index in [0.717, 1.165) is 18.7 Å². The molecule has 1 rings (SSSR count). The first kappa shape index (κ1) is 13.7. The summed E-state index contributed by atoms with van der Waals surface area (Å²) in [5.74, 6) is 0.686. The van der Waals surface area contributed by atoms with Crippen molar-refractivity contribution in [2.45, 2.75) is 19.9 Å². The van der Waals surface area contributed by atoms with Gasteiger partial charge >= 0.3 is 0 Å². The molecule has 5 nitrogen and oxygen atoms in total. The Morgan fingerprint density at radius 2 is 2.35 bits per heavy atom. The summed E-state index contributed by atoms with van der Waals surface area (Å²) in [5.41, 5.74) is 0. The predicted octanol–water partition coefficient (Wildman–Crippen LogP) is 0.600. The van der Waals surface area contributed by atoms with Crippen LogP contribution in [0.1, 0.15) is 19.1 Å². The molecule has 5 heteroatoms. The zero-order chi connectivity index (χ0) is 12.5. The van der Waals surface area contributed by atoms with Crippen LogP contribution in [-0.2, 0) is 11.3 Å². The van der Waals surface area contributed by atoms with Gasteiger partial charge in [0.15, 0.2) is 0 Å². The van der Waals surface area contributed by atoms with Crippen molar-refractivity contribution < 1.29 is 14.3 Å². The van der Waals surface area contributed by atoms with E-state index in [0.29, 0.717) is 19.6 Å². The van der Waals surface area contributed by atoms with Gasteiger partial charge in [0.25, 0.3) is 0 Å². The third-order valence-electron chi connectivity index (χ3n) is 2.36. The number of hydrogen-bond acceptors (Lipinski definition) is 4. The van der Waals surface area contributed by atoms with Crippen molar-refractivity contribution in [3.63, 3.8) is 0 Å². The maximum Gasteiger partial charge on any atom is 0.234 e. The Kier molecular flexibility index (Phi) is 6.35. The second-order valence-electron chi connectivity index (χ2n) is 3.86. The van der Waals surface area contributed by atoms with E-state index in [-0.39, 0.29) is 12.5 Å². The molecule has 17 heavy (non-hydrogen) atoms. The van der Waals surface area contributed by atoms with Crippen molar-refractivity contribution in [1.29, 1.82) is 0 Å². The van der Waals surface area contributed by atoms with E-state index in [9.17, 15) is 4.79 Å². The van der Waals surface area contributed by atoms with Crippen LogP contribution in [0.2, 0.25) is 0 Å². The van der Waals surface area contributed by atoms with Gasteiger partial charge in [0.05, 0.1) is 26.0 Å². The zero-order valence-electron chi connectivity index (χ0n) is 10.2. The van der Waals surface area contributed by atoms with Crippen LogP contribution in [0, 0.1) is 0 Å². The highest BCUT2D eigenvalue weighted by molar-refractivity contribution is 5.77. The third-order valence-corrected chi connectivity index (χ3v) is 2.36. The van der Waals surface area contributed by atoms with Crippen LogP contribution in [0.5, 0.6) is 0 Å². The highest BCUT2D eigenvalue weighted by Crippen LogP contribution is 1.98. The first-order chi connectivity index (χ1) is 8.26. The van der Waals surface area contributed by atoms with E-state index in [1.807, 2.05) is 17.9 Å². The summed E-state index contributed by atoms with van der Waals surface area (Å²) in [7, 11) is 0. The molecule has 0 fully saturated rings. The van der Waals surface area contributed by atoms with Crippen molar-refractivity contribution >= 4 is 5.91 Å². The second-order valence-corrected chi connectivity index (χ2v) is 3.86. The Morgan fingerprint density at radius 1 is 1.53 bits per heavy atom. The molecule has 0 bridgehead atoms. The fourth-order valence-corrected chi connectivity index (χ4v) is 1.59. The minimum Gasteiger partial charge on any atom is -0.467 e. The van der Waals surface area contributed by atoms with E-state index in [1.165, 1.54) is 0 Å². The standard InChI is InChI=1S/C12H20N2O3/c1-2-5-14(6-7-15)10-12(16)13-9-11-4-3-8-17-11/h3-4,8,15H,2,5-7,9-10H2,1H3,(H,13,16). The smallest absolute Gasteiger partial charge is 0.234 e. The number of aliphatic hydroxyl groups excluding tert-OH is 1. The van der Waals surface area contributed by atoms with Crippen LogP contribution >= 0.6 is 0 Å². The molecule has 96 valence electrons. The minimum atomic E-state index is -0.0525. The lowest BCUT2D eigenvalue weighted by molar-refractivity contribution is -0.122. The molecule has 1 amide bonds. The summed E-state index contributed by atoms with van der Waals surface area (Å²) in [6.45, 7) is 4.19. The summed E-state index contributed by atoms with van der Waals surface area (Å²) in [4.78, 5) is 13.6. The maximum absolute atomic E-state index is 11.6. The van der Waals surface area contributed by atoms with Crippen LogP contribution in [0.15, 0.2) is 22.8 Å². The van der Waals surface area contributed by atoms with Gasteiger partial charge in [-0.1, -0.05) is 6.92 Å². The molecule has 0 unspecified atom stereocenters. The van der Waals surface area contributed by atoms with E-state index in [2.05, 4.69) is 5.32 Å². The fourth-order valence-electron chi connectivity index (χ4n) is 1.59. The van der Waals surface area contributed by atoms with Crippen molar-refractivity contribution in [2.24, 2.45) is 0 Å². The molecule has 0 aliphatic heterocycles. The average molecular weight is 240 g/mol. The van der Waals surface area contributed by atoms with E-state index >= 15 is 0 Å². The quantitative estimate of drug-likeness (QED) is 0.698. The lowest BCUT2D eigenvalue weighted by atomic mass is 10.3. The number of hydrogen-bond donors (Lipinski definition) is 2. The van der Waals surface area contributed by atoms with Gasteiger partial charge in [0.2, 0.25) is 5.91 Å². The summed E-state index contributed by atoms with van der Waals surface area (Å²) >= 11 is 0. The van der Waals surface area contributed by atoms with Crippen molar-refractivity contribution in [1.82, 2.24) is 10.2 Å². The molecule has 2 N–H and O–H groups in total. The van der Waals surface area contributed by atoms with Crippen LogP contribution in [-0.4, -0.2) is 42.2 Å². The molecular formula is C12H20N2O3. The number of furan rings is 1. The monoisotopic (exact) mass is 240 g/mol. The average Bonchev–Trinajstić information content (AvgIpc) is 2.80. The number of nitrogens with one attached hydrogen (secondary N) is 1. The van der Waals surface area contributed by atoms with Gasteiger partial charge in [-0.2, -0.15) is 0 Å². The van der Waals surface area contributed by atoms with Crippen LogP contribution in [0.4, 0.5) is 0 Å². The Hall–Kier alpha value is -1.33. The number of rotatable bonds is 8. The Bertz CT molecular complexity index is 306. The highest BCUT2D eigenvalue weighted by atomic mass is 16.3. The largest absolute Gasteiger partial charge is 0.467 e. The van der Waals surface area contributed by atoms with Gasteiger partial charge < -0.3 is 14.8 Å². The minimum absolute atomic E-state index is 0.0525. The van der Waals surface area contributed by atoms with Gasteiger partial charge in [0.1, 0.15) is 5.76 Å². The fraction of sp³-hybridized carbons (Fsp3) is 0.583. The van der Waals surface area contributed by atoms with Gasteiger partial charge in [0, 0.05) is 6.54 Å². The number of nitrogens with zero attached hydrogens (tertiary/aromatic N) is 1. The summed E-state index contributed by atoms with van der Waals surface area (Å²) in [6.07, 6.45) is 2.54. The van der Waals surface area contributed by atoms with Gasteiger partial charge in [-0.15, -0.1) is 0 Å². The third kappa shape index (κ3) is 5.51. The molecule has 0 saturated carbocycles. The molecular weight excluding hydrogens is 220 g/mol. The van der Waals surface area contributed by atoms with Crippen molar-refractivity contribution in [3.05, 3.63) is 24.2 Å². The zero-order valence-corrected chi connectivity index (χ0v) is 10.2. The SMILES string of the molecule is CCCN(CCO)CC(=O)NCc1ccco1. The molecule has 1 heterocycles. The molecule has 0 aliphatic carbocycles. The summed E-state index contributed by atoms with van der Waals surface area (Å²) < 4.78 is 5.12. The number of amides is 1. The molecule has 0 aromatic carbocycles. The molecule has 0 saturated heterocycles. The number of carbonyl (C=O) groups excluding carboxylic acids is 1. The van der Waals surface area contributed by atoms with E-state index in [4.69, 9.17) is 9.52 Å². The first-order valence-electron chi connectivity index (χ1n) is 5.88. The number of carbonyl (C=O) groups is 1. The molecule has 0 spiro atoms. The Morgan fingerprint density at radius 3 is 2.94 bits per heavy atom. The van der Waals surface area contributed by atoms with Crippen molar-refractivity contribution in [3.8, 4) is 0 Å².